The number of hydrogen-bond acceptors (Lipinski definition) is 5. The van der Waals surface area contributed by atoms with E-state index in [1.54, 1.807) is 30.8 Å². The Morgan fingerprint density at radius 1 is 1.03 bits per heavy atom. The van der Waals surface area contributed by atoms with Crippen LogP contribution in [-0.4, -0.2) is 31.9 Å². The molecule has 1 aliphatic heterocycles. The average molecular weight is 419 g/mol. The molecule has 0 saturated heterocycles. The number of nitrogens with zero attached hydrogens (tertiary/aromatic N) is 3. The van der Waals surface area contributed by atoms with E-state index in [9.17, 15) is 14.7 Å². The molecule has 0 spiro atoms. The van der Waals surface area contributed by atoms with Crippen LogP contribution in [0.1, 0.15) is 18.2 Å². The molecule has 31 heavy (non-hydrogen) atoms. The fourth-order valence-corrected chi connectivity index (χ4v) is 3.80. The zero-order valence-corrected chi connectivity index (χ0v) is 17.7. The van der Waals surface area contributed by atoms with Gasteiger partial charge in [-0.25, -0.2) is 4.68 Å². The van der Waals surface area contributed by atoms with Crippen LogP contribution in [-0.2, 0) is 17.6 Å². The van der Waals surface area contributed by atoms with Gasteiger partial charge in [0.05, 0.1) is 11.4 Å². The molecule has 0 aliphatic carbocycles. The Labute approximate surface area is 180 Å². The van der Waals surface area contributed by atoms with Crippen molar-refractivity contribution in [2.24, 2.45) is 7.05 Å². The molecule has 2 aromatic carbocycles. The lowest BCUT2D eigenvalue weighted by molar-refractivity contribution is -0.145. The number of likely N-dealkylation sites (N-methyl/N-ethyl adjacent to an activating group) is 1. The van der Waals surface area contributed by atoms with Gasteiger partial charge in [-0.15, -0.1) is 0 Å². The third kappa shape index (κ3) is 3.45. The molecule has 1 amide bonds. The molecule has 160 valence electrons. The van der Waals surface area contributed by atoms with E-state index in [0.29, 0.717) is 23.5 Å². The summed E-state index contributed by atoms with van der Waals surface area (Å²) in [5.41, 5.74) is 3.20. The number of hydrazine groups is 1. The highest BCUT2D eigenvalue weighted by atomic mass is 16.3. The molecule has 1 unspecified atom stereocenters. The SMILES string of the molecule is CCN1NC(=O)C(Nc2c(C)n(C)n(-c3ccccc3)c2=O)=CC1(O)c1ccccc1. The fraction of sp³-hybridized carbons (Fsp3) is 0.217. The molecule has 8 nitrogen and oxygen atoms in total. The first-order chi connectivity index (χ1) is 14.9. The second-order valence-electron chi connectivity index (χ2n) is 7.40. The summed E-state index contributed by atoms with van der Waals surface area (Å²) in [6.07, 6.45) is 1.45. The van der Waals surface area contributed by atoms with E-state index in [0.717, 1.165) is 0 Å². The molecule has 3 aromatic rings. The van der Waals surface area contributed by atoms with Crippen molar-refractivity contribution in [2.45, 2.75) is 19.6 Å². The van der Waals surface area contributed by atoms with Crippen molar-refractivity contribution in [3.8, 4) is 5.69 Å². The highest BCUT2D eigenvalue weighted by Gasteiger charge is 2.40. The van der Waals surface area contributed by atoms with Gasteiger partial charge in [0.2, 0.25) is 0 Å². The maximum absolute atomic E-state index is 13.2. The summed E-state index contributed by atoms with van der Waals surface area (Å²) in [6.45, 7) is 4.01. The van der Waals surface area contributed by atoms with Gasteiger partial charge in [-0.1, -0.05) is 55.5 Å². The predicted molar refractivity (Wildman–Crippen MR) is 118 cm³/mol. The van der Waals surface area contributed by atoms with Crippen molar-refractivity contribution < 1.29 is 9.90 Å². The maximum Gasteiger partial charge on any atom is 0.295 e. The number of nitrogens with one attached hydrogen (secondary N) is 2. The highest BCUT2D eigenvalue weighted by molar-refractivity contribution is 5.97. The third-order valence-corrected chi connectivity index (χ3v) is 5.57. The second-order valence-corrected chi connectivity index (χ2v) is 7.40. The summed E-state index contributed by atoms with van der Waals surface area (Å²) >= 11 is 0. The van der Waals surface area contributed by atoms with E-state index in [1.165, 1.54) is 15.8 Å². The number of anilines is 1. The molecule has 1 aromatic heterocycles. The lowest BCUT2D eigenvalue weighted by Crippen LogP contribution is -2.58. The molecule has 2 heterocycles. The standard InChI is InChI=1S/C23H25N5O3/c1-4-27-23(31,17-11-7-5-8-12-17)15-19(21(29)25-27)24-20-16(2)26(3)28(22(20)30)18-13-9-6-10-14-18/h5-15,24,31H,4H2,1-3H3,(H,25,29). The molecule has 0 fully saturated rings. The summed E-state index contributed by atoms with van der Waals surface area (Å²) in [5.74, 6) is -0.434. The Morgan fingerprint density at radius 2 is 1.65 bits per heavy atom. The second kappa shape index (κ2) is 7.90. The summed E-state index contributed by atoms with van der Waals surface area (Å²) in [7, 11) is 1.78. The van der Waals surface area contributed by atoms with Crippen molar-refractivity contribution in [3.63, 3.8) is 0 Å². The zero-order valence-electron chi connectivity index (χ0n) is 17.7. The fourth-order valence-electron chi connectivity index (χ4n) is 3.80. The van der Waals surface area contributed by atoms with Crippen molar-refractivity contribution in [1.82, 2.24) is 19.8 Å². The van der Waals surface area contributed by atoms with E-state index in [-0.39, 0.29) is 16.9 Å². The largest absolute Gasteiger partial charge is 0.367 e. The van der Waals surface area contributed by atoms with E-state index in [4.69, 9.17) is 0 Å². The van der Waals surface area contributed by atoms with Gasteiger partial charge in [-0.3, -0.25) is 19.7 Å². The summed E-state index contributed by atoms with van der Waals surface area (Å²) in [5, 5.41) is 15.9. The number of carbonyl (C=O) groups is 1. The molecule has 8 heteroatoms. The Kier molecular flexibility index (Phi) is 5.26. The van der Waals surface area contributed by atoms with Gasteiger partial charge in [0.1, 0.15) is 11.4 Å². The minimum atomic E-state index is -1.56. The van der Waals surface area contributed by atoms with Crippen LogP contribution in [0.4, 0.5) is 5.69 Å². The first-order valence-electron chi connectivity index (χ1n) is 10.1. The van der Waals surface area contributed by atoms with Gasteiger partial charge in [0.15, 0.2) is 5.72 Å². The Balaban J connectivity index is 1.79. The lowest BCUT2D eigenvalue weighted by atomic mass is 9.99. The summed E-state index contributed by atoms with van der Waals surface area (Å²) in [6, 6.07) is 18.3. The topological polar surface area (TPSA) is 91.5 Å². The lowest BCUT2D eigenvalue weighted by Gasteiger charge is -2.40. The minimum Gasteiger partial charge on any atom is -0.367 e. The van der Waals surface area contributed by atoms with Crippen molar-refractivity contribution in [2.75, 3.05) is 11.9 Å². The normalized spacial score (nSPS) is 19.1. The monoisotopic (exact) mass is 419 g/mol. The molecule has 3 N–H and O–H groups in total. The maximum atomic E-state index is 13.2. The molecule has 1 aliphatic rings. The average Bonchev–Trinajstić information content (AvgIpc) is 3.00. The number of carbonyl (C=O) groups excluding carboxylic acids is 1. The van der Waals surface area contributed by atoms with Crippen LogP contribution in [0.2, 0.25) is 0 Å². The van der Waals surface area contributed by atoms with Crippen LogP contribution >= 0.6 is 0 Å². The number of aromatic nitrogens is 2. The van der Waals surface area contributed by atoms with E-state index in [1.807, 2.05) is 55.5 Å². The van der Waals surface area contributed by atoms with Gasteiger partial charge in [0, 0.05) is 19.2 Å². The Hall–Kier alpha value is -3.62. The Bertz CT molecular complexity index is 1200. The number of para-hydroxylation sites is 1. The van der Waals surface area contributed by atoms with Gasteiger partial charge < -0.3 is 10.4 Å². The van der Waals surface area contributed by atoms with Crippen molar-refractivity contribution in [1.29, 1.82) is 0 Å². The molecule has 4 rings (SSSR count). The first-order valence-corrected chi connectivity index (χ1v) is 10.1. The molecule has 0 radical (unpaired) electrons. The van der Waals surface area contributed by atoms with Gasteiger partial charge in [-0.2, -0.15) is 5.01 Å². The molecular formula is C23H25N5O3. The number of rotatable bonds is 5. The van der Waals surface area contributed by atoms with Crippen LogP contribution in [0.25, 0.3) is 5.69 Å². The van der Waals surface area contributed by atoms with Crippen LogP contribution in [0.15, 0.2) is 77.2 Å². The molecule has 0 bridgehead atoms. The highest BCUT2D eigenvalue weighted by Crippen LogP contribution is 2.30. The van der Waals surface area contributed by atoms with E-state index < -0.39 is 11.6 Å². The predicted octanol–water partition coefficient (Wildman–Crippen LogP) is 1.99. The van der Waals surface area contributed by atoms with E-state index >= 15 is 0 Å². The number of amides is 1. The van der Waals surface area contributed by atoms with Crippen molar-refractivity contribution in [3.05, 3.63) is 94.0 Å². The van der Waals surface area contributed by atoms with Crippen LogP contribution in [0.3, 0.4) is 0 Å². The quantitative estimate of drug-likeness (QED) is 0.588. The summed E-state index contributed by atoms with van der Waals surface area (Å²) < 4.78 is 3.25. The summed E-state index contributed by atoms with van der Waals surface area (Å²) in [4.78, 5) is 26.0. The minimum absolute atomic E-state index is 0.0991. The van der Waals surface area contributed by atoms with E-state index in [2.05, 4.69) is 10.7 Å². The van der Waals surface area contributed by atoms with Gasteiger partial charge in [-0.05, 0) is 25.1 Å². The van der Waals surface area contributed by atoms with Gasteiger partial charge >= 0.3 is 0 Å². The third-order valence-electron chi connectivity index (χ3n) is 5.57. The number of aliphatic hydroxyl groups is 1. The van der Waals surface area contributed by atoms with Gasteiger partial charge in [0.25, 0.3) is 11.5 Å². The molecular weight excluding hydrogens is 394 g/mol. The van der Waals surface area contributed by atoms with Crippen molar-refractivity contribution >= 4 is 11.6 Å². The number of hydrogen-bond donors (Lipinski definition) is 3. The molecule has 0 saturated carbocycles. The first kappa shape index (κ1) is 20.6. The van der Waals surface area contributed by atoms with Crippen LogP contribution in [0.5, 0.6) is 0 Å². The van der Waals surface area contributed by atoms with Crippen LogP contribution < -0.4 is 16.3 Å². The molecule has 1 atom stereocenters. The smallest absolute Gasteiger partial charge is 0.295 e. The van der Waals surface area contributed by atoms with Crippen LogP contribution in [0, 0.1) is 6.92 Å². The Morgan fingerprint density at radius 3 is 2.26 bits per heavy atom. The zero-order chi connectivity index (χ0) is 22.2. The number of benzene rings is 2.